The van der Waals surface area contributed by atoms with Crippen LogP contribution in [0.25, 0.3) is 11.1 Å². The molecule has 3 rings (SSSR count). The van der Waals surface area contributed by atoms with Crippen molar-refractivity contribution < 1.29 is 4.74 Å². The third-order valence-electron chi connectivity index (χ3n) is 4.76. The number of hydrogen-bond donors (Lipinski definition) is 0. The van der Waals surface area contributed by atoms with Gasteiger partial charge in [0.2, 0.25) is 0 Å². The molecular weight excluding hydrogens is 268 g/mol. The molecule has 0 aromatic heterocycles. The maximum Gasteiger partial charge on any atom is 0.119 e. The van der Waals surface area contributed by atoms with E-state index in [1.165, 1.54) is 48.8 Å². The van der Waals surface area contributed by atoms with E-state index in [-0.39, 0.29) is 0 Å². The van der Waals surface area contributed by atoms with Crippen LogP contribution in [0, 0.1) is 5.92 Å². The van der Waals surface area contributed by atoms with Crippen LogP contribution in [0.4, 0.5) is 0 Å². The van der Waals surface area contributed by atoms with Gasteiger partial charge in [0.15, 0.2) is 0 Å². The molecule has 1 fully saturated rings. The first-order valence-corrected chi connectivity index (χ1v) is 8.67. The SMILES string of the molecule is CCc1ccc(-c2ccc(OCC3CCCCC3)cc2)cc1. The van der Waals surface area contributed by atoms with Crippen molar-refractivity contribution in [3.8, 4) is 16.9 Å². The van der Waals surface area contributed by atoms with Gasteiger partial charge in [-0.3, -0.25) is 0 Å². The second-order valence-corrected chi connectivity index (χ2v) is 6.39. The van der Waals surface area contributed by atoms with E-state index < -0.39 is 0 Å². The van der Waals surface area contributed by atoms with Crippen molar-refractivity contribution in [3.05, 3.63) is 54.1 Å². The normalized spacial score (nSPS) is 15.7. The largest absolute Gasteiger partial charge is 0.493 e. The van der Waals surface area contributed by atoms with E-state index in [1.54, 1.807) is 0 Å². The molecule has 1 saturated carbocycles. The Morgan fingerprint density at radius 1 is 0.818 bits per heavy atom. The summed E-state index contributed by atoms with van der Waals surface area (Å²) in [5.74, 6) is 1.76. The molecule has 22 heavy (non-hydrogen) atoms. The Morgan fingerprint density at radius 3 is 2.00 bits per heavy atom. The smallest absolute Gasteiger partial charge is 0.119 e. The van der Waals surface area contributed by atoms with Crippen LogP contribution in [-0.2, 0) is 6.42 Å². The molecule has 2 aromatic carbocycles. The molecular formula is C21H26O. The molecule has 0 heterocycles. The molecule has 1 nitrogen and oxygen atoms in total. The highest BCUT2D eigenvalue weighted by Crippen LogP contribution is 2.26. The summed E-state index contributed by atoms with van der Waals surface area (Å²) >= 11 is 0. The Balaban J connectivity index is 1.59. The van der Waals surface area contributed by atoms with Crippen molar-refractivity contribution in [1.29, 1.82) is 0 Å². The minimum atomic E-state index is 0.759. The number of ether oxygens (including phenoxy) is 1. The Labute approximate surface area is 134 Å². The van der Waals surface area contributed by atoms with Crippen LogP contribution < -0.4 is 4.74 Å². The molecule has 0 atom stereocenters. The molecule has 1 aliphatic rings. The lowest BCUT2D eigenvalue weighted by Crippen LogP contribution is -2.15. The van der Waals surface area contributed by atoms with Crippen LogP contribution in [-0.4, -0.2) is 6.61 Å². The molecule has 1 heteroatoms. The number of aryl methyl sites for hydroxylation is 1. The highest BCUT2D eigenvalue weighted by molar-refractivity contribution is 5.64. The lowest BCUT2D eigenvalue weighted by atomic mass is 9.90. The molecule has 0 aliphatic heterocycles. The molecule has 0 N–H and O–H groups in total. The third kappa shape index (κ3) is 3.91. The first-order valence-electron chi connectivity index (χ1n) is 8.67. The summed E-state index contributed by atoms with van der Waals surface area (Å²) in [5, 5.41) is 0. The van der Waals surface area contributed by atoms with Crippen molar-refractivity contribution in [2.45, 2.75) is 45.4 Å². The zero-order valence-corrected chi connectivity index (χ0v) is 13.6. The van der Waals surface area contributed by atoms with E-state index in [0.29, 0.717) is 0 Å². The zero-order chi connectivity index (χ0) is 15.2. The van der Waals surface area contributed by atoms with Crippen LogP contribution in [0.5, 0.6) is 5.75 Å². The summed E-state index contributed by atoms with van der Waals surface area (Å²) in [6.45, 7) is 3.07. The summed E-state index contributed by atoms with van der Waals surface area (Å²) < 4.78 is 5.97. The van der Waals surface area contributed by atoms with E-state index >= 15 is 0 Å². The Bertz CT molecular complexity index is 562. The lowest BCUT2D eigenvalue weighted by molar-refractivity contribution is 0.209. The summed E-state index contributed by atoms with van der Waals surface area (Å²) in [6, 6.07) is 17.4. The van der Waals surface area contributed by atoms with Crippen molar-refractivity contribution >= 4 is 0 Å². The fraction of sp³-hybridized carbons (Fsp3) is 0.429. The summed E-state index contributed by atoms with van der Waals surface area (Å²) in [6.07, 6.45) is 7.92. The molecule has 0 bridgehead atoms. The van der Waals surface area contributed by atoms with Crippen molar-refractivity contribution in [1.82, 2.24) is 0 Å². The summed E-state index contributed by atoms with van der Waals surface area (Å²) in [7, 11) is 0. The topological polar surface area (TPSA) is 9.23 Å². The lowest BCUT2D eigenvalue weighted by Gasteiger charge is -2.21. The molecule has 116 valence electrons. The van der Waals surface area contributed by atoms with Gasteiger partial charge in [0, 0.05) is 0 Å². The van der Waals surface area contributed by atoms with Crippen LogP contribution in [0.3, 0.4) is 0 Å². The summed E-state index contributed by atoms with van der Waals surface area (Å²) in [4.78, 5) is 0. The maximum atomic E-state index is 5.97. The van der Waals surface area contributed by atoms with Crippen LogP contribution in [0.15, 0.2) is 48.5 Å². The molecule has 1 aliphatic carbocycles. The van der Waals surface area contributed by atoms with Gasteiger partial charge in [0.05, 0.1) is 6.61 Å². The van der Waals surface area contributed by atoms with E-state index in [1.807, 2.05) is 0 Å². The summed E-state index contributed by atoms with van der Waals surface area (Å²) in [5.41, 5.74) is 3.92. The monoisotopic (exact) mass is 294 g/mol. The minimum Gasteiger partial charge on any atom is -0.493 e. The number of benzene rings is 2. The maximum absolute atomic E-state index is 5.97. The first-order chi connectivity index (χ1) is 10.8. The Hall–Kier alpha value is -1.76. The predicted octanol–water partition coefficient (Wildman–Crippen LogP) is 5.88. The van der Waals surface area contributed by atoms with E-state index in [4.69, 9.17) is 4.74 Å². The molecule has 0 saturated heterocycles. The molecule has 0 amide bonds. The van der Waals surface area contributed by atoms with Crippen molar-refractivity contribution in [2.24, 2.45) is 5.92 Å². The fourth-order valence-electron chi connectivity index (χ4n) is 3.24. The molecule has 2 aromatic rings. The second kappa shape index (κ2) is 7.49. The highest BCUT2D eigenvalue weighted by atomic mass is 16.5. The van der Waals surface area contributed by atoms with E-state index in [2.05, 4.69) is 55.5 Å². The third-order valence-corrected chi connectivity index (χ3v) is 4.76. The average Bonchev–Trinajstić information content (AvgIpc) is 2.61. The van der Waals surface area contributed by atoms with Gasteiger partial charge in [0.1, 0.15) is 5.75 Å². The second-order valence-electron chi connectivity index (χ2n) is 6.39. The average molecular weight is 294 g/mol. The first kappa shape index (κ1) is 15.1. The van der Waals surface area contributed by atoms with Gasteiger partial charge in [-0.2, -0.15) is 0 Å². The van der Waals surface area contributed by atoms with Gasteiger partial charge >= 0.3 is 0 Å². The van der Waals surface area contributed by atoms with Crippen molar-refractivity contribution in [3.63, 3.8) is 0 Å². The molecule has 0 spiro atoms. The van der Waals surface area contributed by atoms with Gasteiger partial charge in [-0.25, -0.2) is 0 Å². The Kier molecular flexibility index (Phi) is 5.15. The van der Waals surface area contributed by atoms with E-state index in [0.717, 1.165) is 24.7 Å². The number of rotatable bonds is 5. The van der Waals surface area contributed by atoms with Gasteiger partial charge < -0.3 is 4.74 Å². The Morgan fingerprint density at radius 2 is 1.41 bits per heavy atom. The van der Waals surface area contributed by atoms with E-state index in [9.17, 15) is 0 Å². The highest BCUT2D eigenvalue weighted by Gasteiger charge is 2.13. The van der Waals surface area contributed by atoms with Crippen LogP contribution in [0.1, 0.15) is 44.6 Å². The fourth-order valence-corrected chi connectivity index (χ4v) is 3.24. The van der Waals surface area contributed by atoms with Crippen LogP contribution in [0.2, 0.25) is 0 Å². The zero-order valence-electron chi connectivity index (χ0n) is 13.6. The van der Waals surface area contributed by atoms with Crippen molar-refractivity contribution in [2.75, 3.05) is 6.61 Å². The molecule has 0 radical (unpaired) electrons. The predicted molar refractivity (Wildman–Crippen MR) is 93.3 cm³/mol. The van der Waals surface area contributed by atoms with Gasteiger partial charge in [-0.15, -0.1) is 0 Å². The molecule has 0 unspecified atom stereocenters. The van der Waals surface area contributed by atoms with Gasteiger partial charge in [-0.05, 0) is 54.0 Å². The standard InChI is InChI=1S/C21H26O/c1-2-17-8-10-19(11-9-17)20-12-14-21(15-13-20)22-16-18-6-4-3-5-7-18/h8-15,18H,2-7,16H2,1H3. The number of hydrogen-bond acceptors (Lipinski definition) is 1. The minimum absolute atomic E-state index is 0.759. The van der Waals surface area contributed by atoms with Gasteiger partial charge in [-0.1, -0.05) is 62.6 Å². The quantitative estimate of drug-likeness (QED) is 0.669. The van der Waals surface area contributed by atoms with Crippen LogP contribution >= 0.6 is 0 Å². The van der Waals surface area contributed by atoms with Gasteiger partial charge in [0.25, 0.3) is 0 Å².